The number of hydrogen-bond acceptors (Lipinski definition) is 12. The predicted molar refractivity (Wildman–Crippen MR) is 195 cm³/mol. The number of esters is 2. The third-order valence-electron chi connectivity index (χ3n) is 7.60. The van der Waals surface area contributed by atoms with Crippen LogP contribution >= 0.6 is 11.8 Å². The number of aromatic nitrogens is 8. The second-order valence-electron chi connectivity index (χ2n) is 14.4. The zero-order valence-corrected chi connectivity index (χ0v) is 32.7. The minimum absolute atomic E-state index is 0.0280. The zero-order valence-electron chi connectivity index (χ0n) is 31.1. The second kappa shape index (κ2) is 15.9. The summed E-state index contributed by atoms with van der Waals surface area (Å²) in [6.07, 6.45) is 16.7. The summed E-state index contributed by atoms with van der Waals surface area (Å²) in [5.74, 6) is -0.433. The molecular weight excluding hydrogens is 693 g/mol. The highest BCUT2D eigenvalue weighted by molar-refractivity contribution is 7.98. The summed E-state index contributed by atoms with van der Waals surface area (Å²) in [4.78, 5) is 41.2. The normalized spacial score (nSPS) is 12.2. The van der Waals surface area contributed by atoms with Gasteiger partial charge in [-0.15, -0.1) is 11.8 Å². The van der Waals surface area contributed by atoms with E-state index in [1.165, 1.54) is 0 Å². The third-order valence-corrected chi connectivity index (χ3v) is 9.24. The number of carbonyl (C=O) groups is 2. The molecule has 0 saturated carbocycles. The molecule has 51 heavy (non-hydrogen) atoms. The summed E-state index contributed by atoms with van der Waals surface area (Å²) in [6, 6.07) is 0. The highest BCUT2D eigenvalue weighted by Gasteiger charge is 2.24. The molecule has 0 aromatic carbocycles. The van der Waals surface area contributed by atoms with Crippen LogP contribution in [0.25, 0.3) is 22.6 Å². The van der Waals surface area contributed by atoms with Gasteiger partial charge >= 0.3 is 11.9 Å². The van der Waals surface area contributed by atoms with E-state index < -0.39 is 20.7 Å². The SMILES string of the molecule is CSc1nc(CCCOC(=O)C(C)(C)C)cn2c(-c3cnn(C)c3)cnc12.Cc1cnc2c(S(C)(=O)=O)nc(CCCOC(=O)C(C)(C)C)cn12. The van der Waals surface area contributed by atoms with Crippen LogP contribution < -0.4 is 0 Å². The van der Waals surface area contributed by atoms with Crippen molar-refractivity contribution in [3.63, 3.8) is 0 Å². The maximum atomic E-state index is 12.0. The Labute approximate surface area is 303 Å². The molecule has 0 amide bonds. The van der Waals surface area contributed by atoms with Gasteiger partial charge in [0.25, 0.3) is 0 Å². The quantitative estimate of drug-likeness (QED) is 0.0972. The Morgan fingerprint density at radius 2 is 1.35 bits per heavy atom. The van der Waals surface area contributed by atoms with Gasteiger partial charge in [-0.1, -0.05) is 0 Å². The lowest BCUT2D eigenvalue weighted by atomic mass is 9.97. The molecule has 0 unspecified atom stereocenters. The fourth-order valence-corrected chi connectivity index (χ4v) is 6.10. The largest absolute Gasteiger partial charge is 0.465 e. The van der Waals surface area contributed by atoms with E-state index in [1.54, 1.807) is 54.0 Å². The van der Waals surface area contributed by atoms with Gasteiger partial charge < -0.3 is 13.9 Å². The topological polar surface area (TPSA) is 165 Å². The number of thioether (sulfide) groups is 1. The van der Waals surface area contributed by atoms with E-state index in [0.29, 0.717) is 30.8 Å². The van der Waals surface area contributed by atoms with E-state index >= 15 is 0 Å². The van der Waals surface area contributed by atoms with Gasteiger partial charge in [-0.05, 0) is 80.4 Å². The summed E-state index contributed by atoms with van der Waals surface area (Å²) in [7, 11) is -1.59. The Hall–Kier alpha value is -4.31. The summed E-state index contributed by atoms with van der Waals surface area (Å²) in [5, 5.41) is 5.10. The van der Waals surface area contributed by atoms with Gasteiger partial charge in [-0.25, -0.2) is 28.4 Å². The Kier molecular flexibility index (Phi) is 12.3. The number of hydrogen-bond donors (Lipinski definition) is 0. The minimum Gasteiger partial charge on any atom is -0.465 e. The van der Waals surface area contributed by atoms with E-state index in [-0.39, 0.29) is 23.6 Å². The summed E-state index contributed by atoms with van der Waals surface area (Å²) in [6.45, 7) is 13.5. The van der Waals surface area contributed by atoms with Gasteiger partial charge in [-0.2, -0.15) is 5.10 Å². The molecule has 5 rings (SSSR count). The van der Waals surface area contributed by atoms with E-state index in [1.807, 2.05) is 65.8 Å². The van der Waals surface area contributed by atoms with Crippen LogP contribution in [0, 0.1) is 17.8 Å². The molecule has 0 atom stereocenters. The van der Waals surface area contributed by atoms with Crippen molar-refractivity contribution in [2.75, 3.05) is 25.7 Å². The van der Waals surface area contributed by atoms with E-state index in [4.69, 9.17) is 14.5 Å². The first kappa shape index (κ1) is 39.5. The van der Waals surface area contributed by atoms with Crippen molar-refractivity contribution in [1.29, 1.82) is 0 Å². The van der Waals surface area contributed by atoms with Crippen LogP contribution in [0.4, 0.5) is 0 Å². The molecule has 14 nitrogen and oxygen atoms in total. The Balaban J connectivity index is 0.000000230. The number of rotatable bonds is 11. The van der Waals surface area contributed by atoms with Crippen LogP contribution in [0.1, 0.15) is 71.5 Å². The molecule has 5 aromatic rings. The van der Waals surface area contributed by atoms with Gasteiger partial charge in [0, 0.05) is 49.3 Å². The number of nitrogens with zero attached hydrogens (tertiary/aromatic N) is 8. The number of aryl methyl sites for hydroxylation is 4. The lowest BCUT2D eigenvalue weighted by molar-refractivity contribution is -0.153. The number of imidazole rings is 2. The number of sulfone groups is 1. The molecule has 0 spiro atoms. The van der Waals surface area contributed by atoms with E-state index in [0.717, 1.165) is 52.4 Å². The standard InChI is InChI=1S/C19H25N5O2S.C16H23N3O4S/c1-19(2,3)18(25)26-8-6-7-14-12-24-15(13-9-21-23(4)11-13)10-20-16(24)17(22-14)27-5;1-11-9-17-13-14(24(5,21)22)18-12(10-19(11)13)7-6-8-23-15(20)16(2,3)4/h9-12H,6-8H2,1-5H3;9-10H,6-8H2,1-5H3. The van der Waals surface area contributed by atoms with Crippen LogP contribution in [0.3, 0.4) is 0 Å². The maximum Gasteiger partial charge on any atom is 0.311 e. The lowest BCUT2D eigenvalue weighted by Gasteiger charge is -2.16. The number of carbonyl (C=O) groups excluding carboxylic acids is 2. The highest BCUT2D eigenvalue weighted by atomic mass is 32.2. The van der Waals surface area contributed by atoms with Crippen LogP contribution in [0.15, 0.2) is 47.2 Å². The fourth-order valence-electron chi connectivity index (χ4n) is 4.80. The molecular formula is C35H48N8O6S2. The molecule has 5 heterocycles. The molecule has 0 aliphatic carbocycles. The van der Waals surface area contributed by atoms with Crippen LogP contribution in [-0.2, 0) is 48.8 Å². The molecule has 0 radical (unpaired) electrons. The van der Waals surface area contributed by atoms with E-state index in [9.17, 15) is 18.0 Å². The minimum atomic E-state index is -3.48. The summed E-state index contributed by atoms with van der Waals surface area (Å²) in [5.41, 5.74) is 4.55. The van der Waals surface area contributed by atoms with Crippen molar-refractivity contribution < 1.29 is 27.5 Å². The molecule has 0 saturated heterocycles. The van der Waals surface area contributed by atoms with Crippen LogP contribution in [0.5, 0.6) is 0 Å². The number of ether oxygens (including phenoxy) is 2. The molecule has 0 aliphatic heterocycles. The molecule has 5 aromatic heterocycles. The predicted octanol–water partition coefficient (Wildman–Crippen LogP) is 5.34. The van der Waals surface area contributed by atoms with Gasteiger partial charge in [-0.3, -0.25) is 18.7 Å². The monoisotopic (exact) mass is 740 g/mol. The van der Waals surface area contributed by atoms with Crippen molar-refractivity contribution in [3.05, 3.63) is 54.3 Å². The van der Waals surface area contributed by atoms with Gasteiger partial charge in [0.05, 0.1) is 53.5 Å². The van der Waals surface area contributed by atoms with Crippen LogP contribution in [0.2, 0.25) is 0 Å². The molecule has 16 heteroatoms. The zero-order chi connectivity index (χ0) is 37.7. The van der Waals surface area contributed by atoms with Gasteiger partial charge in [0.15, 0.2) is 26.2 Å². The third kappa shape index (κ3) is 10.2. The van der Waals surface area contributed by atoms with Gasteiger partial charge in [0.1, 0.15) is 5.03 Å². The Morgan fingerprint density at radius 1 is 0.804 bits per heavy atom. The molecule has 0 N–H and O–H groups in total. The molecule has 276 valence electrons. The molecule has 0 fully saturated rings. The second-order valence-corrected chi connectivity index (χ2v) is 17.1. The van der Waals surface area contributed by atoms with Gasteiger partial charge in [0.2, 0.25) is 0 Å². The van der Waals surface area contributed by atoms with Crippen molar-refractivity contribution in [2.45, 2.75) is 84.2 Å². The van der Waals surface area contributed by atoms with E-state index in [2.05, 4.69) is 24.5 Å². The van der Waals surface area contributed by atoms with Crippen molar-refractivity contribution in [1.82, 2.24) is 38.5 Å². The van der Waals surface area contributed by atoms with Crippen molar-refractivity contribution in [3.8, 4) is 11.3 Å². The molecule has 0 aliphatic rings. The fraction of sp³-hybridized carbons (Fsp3) is 0.514. The summed E-state index contributed by atoms with van der Waals surface area (Å²) < 4.78 is 40.0. The number of fused-ring (bicyclic) bond motifs is 2. The van der Waals surface area contributed by atoms with Crippen molar-refractivity contribution in [2.24, 2.45) is 17.9 Å². The highest BCUT2D eigenvalue weighted by Crippen LogP contribution is 2.26. The molecule has 0 bridgehead atoms. The average Bonchev–Trinajstić information content (AvgIpc) is 3.77. The Morgan fingerprint density at radius 3 is 1.86 bits per heavy atom. The average molecular weight is 741 g/mol. The first-order valence-corrected chi connectivity index (χ1v) is 19.7. The lowest BCUT2D eigenvalue weighted by Crippen LogP contribution is -2.23. The first-order valence-electron chi connectivity index (χ1n) is 16.6. The Bertz CT molecular complexity index is 2120. The van der Waals surface area contributed by atoms with Crippen LogP contribution in [-0.4, -0.2) is 84.6 Å². The van der Waals surface area contributed by atoms with Crippen molar-refractivity contribution >= 4 is 44.8 Å². The maximum absolute atomic E-state index is 12.0. The smallest absolute Gasteiger partial charge is 0.311 e. The first-order chi connectivity index (χ1) is 23.8. The summed E-state index contributed by atoms with van der Waals surface area (Å²) >= 11 is 1.57.